The van der Waals surface area contributed by atoms with Crippen LogP contribution in [0, 0.1) is 11.8 Å². The molecule has 1 N–H and O–H groups in total. The molecule has 76 valence electrons. The van der Waals surface area contributed by atoms with Crippen molar-refractivity contribution in [1.29, 1.82) is 0 Å². The number of ether oxygens (including phenoxy) is 1. The summed E-state index contributed by atoms with van der Waals surface area (Å²) in [5, 5.41) is 9.96. The van der Waals surface area contributed by atoms with Crippen LogP contribution in [0.3, 0.4) is 0 Å². The topological polar surface area (TPSA) is 42.4 Å². The van der Waals surface area contributed by atoms with Crippen molar-refractivity contribution in [3.63, 3.8) is 0 Å². The van der Waals surface area contributed by atoms with E-state index >= 15 is 0 Å². The standard InChI is InChI=1S/C11H15NO2/c1-7-3-10(7)11(13)8-4-9(14-2)6-12-5-8/h4-7,10-11,13H,3H2,1-2H3. The molecule has 3 atom stereocenters. The van der Waals surface area contributed by atoms with Crippen molar-refractivity contribution in [2.75, 3.05) is 7.11 Å². The van der Waals surface area contributed by atoms with Crippen LogP contribution < -0.4 is 4.74 Å². The fourth-order valence-electron chi connectivity index (χ4n) is 1.75. The van der Waals surface area contributed by atoms with Gasteiger partial charge in [-0.15, -0.1) is 0 Å². The number of aromatic nitrogens is 1. The number of rotatable bonds is 3. The predicted molar refractivity (Wildman–Crippen MR) is 53.0 cm³/mol. The van der Waals surface area contributed by atoms with Crippen LogP contribution >= 0.6 is 0 Å². The molecular formula is C11H15NO2. The summed E-state index contributed by atoms with van der Waals surface area (Å²) in [7, 11) is 1.60. The summed E-state index contributed by atoms with van der Waals surface area (Å²) in [6.45, 7) is 2.15. The van der Waals surface area contributed by atoms with Crippen LogP contribution in [0.2, 0.25) is 0 Å². The molecule has 1 aromatic rings. The quantitative estimate of drug-likeness (QED) is 0.795. The number of nitrogens with zero attached hydrogens (tertiary/aromatic N) is 1. The number of hydrogen-bond acceptors (Lipinski definition) is 3. The average molecular weight is 193 g/mol. The van der Waals surface area contributed by atoms with E-state index in [9.17, 15) is 5.11 Å². The van der Waals surface area contributed by atoms with Gasteiger partial charge in [0.1, 0.15) is 5.75 Å². The fraction of sp³-hybridized carbons (Fsp3) is 0.545. The van der Waals surface area contributed by atoms with Crippen molar-refractivity contribution in [3.8, 4) is 5.75 Å². The van der Waals surface area contributed by atoms with Crippen LogP contribution in [0.5, 0.6) is 5.75 Å². The van der Waals surface area contributed by atoms with Gasteiger partial charge in [0.15, 0.2) is 0 Å². The SMILES string of the molecule is COc1cncc(C(O)C2CC2C)c1. The molecule has 3 heteroatoms. The first kappa shape index (κ1) is 9.46. The molecule has 0 bridgehead atoms. The highest BCUT2D eigenvalue weighted by atomic mass is 16.5. The van der Waals surface area contributed by atoms with Crippen LogP contribution in [-0.2, 0) is 0 Å². The van der Waals surface area contributed by atoms with Crippen LogP contribution in [-0.4, -0.2) is 17.2 Å². The molecule has 0 aromatic carbocycles. The largest absolute Gasteiger partial charge is 0.495 e. The molecule has 1 heterocycles. The molecule has 1 aromatic heterocycles. The van der Waals surface area contributed by atoms with Crippen LogP contribution in [0.1, 0.15) is 25.0 Å². The summed E-state index contributed by atoms with van der Waals surface area (Å²) in [6.07, 6.45) is 4.08. The van der Waals surface area contributed by atoms with Crippen molar-refractivity contribution in [3.05, 3.63) is 24.0 Å². The zero-order valence-electron chi connectivity index (χ0n) is 8.47. The Balaban J connectivity index is 2.14. The van der Waals surface area contributed by atoms with Crippen molar-refractivity contribution in [2.45, 2.75) is 19.4 Å². The number of aliphatic hydroxyl groups is 1. The molecule has 0 spiro atoms. The lowest BCUT2D eigenvalue weighted by Crippen LogP contribution is -2.02. The maximum Gasteiger partial charge on any atom is 0.137 e. The van der Waals surface area contributed by atoms with E-state index < -0.39 is 0 Å². The first-order chi connectivity index (χ1) is 6.72. The molecule has 0 aliphatic heterocycles. The highest BCUT2D eigenvalue weighted by molar-refractivity contribution is 5.26. The lowest BCUT2D eigenvalue weighted by Gasteiger charge is -2.10. The highest BCUT2D eigenvalue weighted by Crippen LogP contribution is 2.46. The highest BCUT2D eigenvalue weighted by Gasteiger charge is 2.39. The molecule has 14 heavy (non-hydrogen) atoms. The van der Waals surface area contributed by atoms with E-state index in [2.05, 4.69) is 11.9 Å². The number of aliphatic hydroxyl groups excluding tert-OH is 1. The molecule has 3 nitrogen and oxygen atoms in total. The Morgan fingerprint density at radius 1 is 1.57 bits per heavy atom. The van der Waals surface area contributed by atoms with Crippen molar-refractivity contribution in [2.24, 2.45) is 11.8 Å². The zero-order chi connectivity index (χ0) is 10.1. The van der Waals surface area contributed by atoms with Crippen LogP contribution in [0.15, 0.2) is 18.5 Å². The van der Waals surface area contributed by atoms with Gasteiger partial charge < -0.3 is 9.84 Å². The van der Waals surface area contributed by atoms with Crippen molar-refractivity contribution < 1.29 is 9.84 Å². The van der Waals surface area contributed by atoms with Gasteiger partial charge >= 0.3 is 0 Å². The lowest BCUT2D eigenvalue weighted by atomic mass is 10.1. The molecule has 0 radical (unpaired) electrons. The molecule has 1 aliphatic carbocycles. The Hall–Kier alpha value is -1.09. The third kappa shape index (κ3) is 1.73. The Bertz CT molecular complexity index is 327. The molecule has 1 aliphatic rings. The van der Waals surface area contributed by atoms with Gasteiger partial charge in [0.25, 0.3) is 0 Å². The molecule has 2 rings (SSSR count). The molecule has 3 unspecified atom stereocenters. The van der Waals surface area contributed by atoms with Gasteiger partial charge in [-0.25, -0.2) is 0 Å². The van der Waals surface area contributed by atoms with Gasteiger partial charge in [0.05, 0.1) is 19.4 Å². The Labute approximate surface area is 83.7 Å². The Kier molecular flexibility index (Phi) is 2.42. The summed E-state index contributed by atoms with van der Waals surface area (Å²) in [5.41, 5.74) is 0.860. The van der Waals surface area contributed by atoms with Gasteiger partial charge in [0.2, 0.25) is 0 Å². The molecule has 1 fully saturated rings. The minimum Gasteiger partial charge on any atom is -0.495 e. The second-order valence-corrected chi connectivity index (χ2v) is 3.98. The first-order valence-corrected chi connectivity index (χ1v) is 4.89. The zero-order valence-corrected chi connectivity index (χ0v) is 8.47. The van der Waals surface area contributed by atoms with Gasteiger partial charge in [-0.05, 0) is 24.3 Å². The number of pyridine rings is 1. The van der Waals surface area contributed by atoms with E-state index in [4.69, 9.17) is 4.74 Å². The van der Waals surface area contributed by atoms with E-state index in [0.29, 0.717) is 17.6 Å². The van der Waals surface area contributed by atoms with E-state index in [0.717, 1.165) is 12.0 Å². The number of methoxy groups -OCH3 is 1. The van der Waals surface area contributed by atoms with Gasteiger partial charge in [0, 0.05) is 11.8 Å². The smallest absolute Gasteiger partial charge is 0.137 e. The average Bonchev–Trinajstić information content (AvgIpc) is 2.94. The van der Waals surface area contributed by atoms with E-state index in [1.807, 2.05) is 6.07 Å². The first-order valence-electron chi connectivity index (χ1n) is 4.89. The lowest BCUT2D eigenvalue weighted by molar-refractivity contribution is 0.147. The summed E-state index contributed by atoms with van der Waals surface area (Å²) in [6, 6.07) is 1.85. The summed E-state index contributed by atoms with van der Waals surface area (Å²) >= 11 is 0. The summed E-state index contributed by atoms with van der Waals surface area (Å²) in [4.78, 5) is 4.03. The van der Waals surface area contributed by atoms with Crippen LogP contribution in [0.4, 0.5) is 0 Å². The second-order valence-electron chi connectivity index (χ2n) is 3.98. The summed E-state index contributed by atoms with van der Waals surface area (Å²) < 4.78 is 5.06. The van der Waals surface area contributed by atoms with Gasteiger partial charge in [-0.1, -0.05) is 6.92 Å². The van der Waals surface area contributed by atoms with Gasteiger partial charge in [-0.3, -0.25) is 4.98 Å². The predicted octanol–water partition coefficient (Wildman–Crippen LogP) is 1.78. The third-order valence-electron chi connectivity index (χ3n) is 2.89. The van der Waals surface area contributed by atoms with Crippen molar-refractivity contribution >= 4 is 0 Å². The summed E-state index contributed by atoms with van der Waals surface area (Å²) in [5.74, 6) is 1.75. The molecule has 0 saturated heterocycles. The molecular weight excluding hydrogens is 178 g/mol. The van der Waals surface area contributed by atoms with Crippen LogP contribution in [0.25, 0.3) is 0 Å². The normalized spacial score (nSPS) is 27.1. The fourth-order valence-corrected chi connectivity index (χ4v) is 1.75. The molecule has 1 saturated carbocycles. The van der Waals surface area contributed by atoms with E-state index in [1.54, 1.807) is 19.5 Å². The van der Waals surface area contributed by atoms with Gasteiger partial charge in [-0.2, -0.15) is 0 Å². The second kappa shape index (κ2) is 3.58. The Morgan fingerprint density at radius 3 is 2.86 bits per heavy atom. The minimum absolute atomic E-state index is 0.382. The minimum atomic E-state index is -0.382. The number of hydrogen-bond donors (Lipinski definition) is 1. The molecule has 0 amide bonds. The van der Waals surface area contributed by atoms with E-state index in [-0.39, 0.29) is 6.10 Å². The monoisotopic (exact) mass is 193 g/mol. The van der Waals surface area contributed by atoms with E-state index in [1.165, 1.54) is 0 Å². The third-order valence-corrected chi connectivity index (χ3v) is 2.89. The Morgan fingerprint density at radius 2 is 2.29 bits per heavy atom. The van der Waals surface area contributed by atoms with Crippen molar-refractivity contribution in [1.82, 2.24) is 4.98 Å². The maximum atomic E-state index is 9.96. The maximum absolute atomic E-state index is 9.96.